The molecule has 0 saturated heterocycles. The lowest BCUT2D eigenvalue weighted by Gasteiger charge is -2.42. The first-order chi connectivity index (χ1) is 8.57. The van der Waals surface area contributed by atoms with Gasteiger partial charge in [-0.1, -0.05) is 0 Å². The molecule has 0 spiro atoms. The van der Waals surface area contributed by atoms with Crippen LogP contribution in [0.1, 0.15) is 25.0 Å². The van der Waals surface area contributed by atoms with E-state index in [0.29, 0.717) is 5.76 Å². The smallest absolute Gasteiger partial charge is 0.247 e. The van der Waals surface area contributed by atoms with Gasteiger partial charge in [-0.3, -0.25) is 4.79 Å². The SMILES string of the molecule is CN(C(=O)/C=C/c1ccc(I)o1)C1(C#N)CCC1. The van der Waals surface area contributed by atoms with Crippen molar-refractivity contribution in [3.63, 3.8) is 0 Å². The molecule has 1 fully saturated rings. The van der Waals surface area contributed by atoms with Crippen molar-refractivity contribution in [2.75, 3.05) is 7.05 Å². The van der Waals surface area contributed by atoms with Gasteiger partial charge in [0.1, 0.15) is 11.3 Å². The minimum Gasteiger partial charge on any atom is -0.451 e. The highest BCUT2D eigenvalue weighted by atomic mass is 127. The van der Waals surface area contributed by atoms with Gasteiger partial charge in [-0.05, 0) is 60.1 Å². The van der Waals surface area contributed by atoms with E-state index >= 15 is 0 Å². The number of rotatable bonds is 3. The zero-order valence-corrected chi connectivity index (χ0v) is 12.2. The normalized spacial score (nSPS) is 17.2. The summed E-state index contributed by atoms with van der Waals surface area (Å²) in [5.74, 6) is 0.475. The molecular formula is C13H13IN2O2. The lowest BCUT2D eigenvalue weighted by atomic mass is 9.76. The van der Waals surface area contributed by atoms with Crippen molar-refractivity contribution in [1.29, 1.82) is 5.26 Å². The number of furan rings is 1. The second-order valence-corrected chi connectivity index (χ2v) is 5.43. The highest BCUT2D eigenvalue weighted by Crippen LogP contribution is 2.36. The number of likely N-dealkylation sites (N-methyl/N-ethyl adjacent to an activating group) is 1. The third-order valence-electron chi connectivity index (χ3n) is 3.35. The molecule has 0 N–H and O–H groups in total. The standard InChI is InChI=1S/C13H13IN2O2/c1-16(13(9-15)7-2-8-13)12(17)6-4-10-3-5-11(14)18-10/h3-6H,2,7-8H2,1H3/b6-4+. The summed E-state index contributed by atoms with van der Waals surface area (Å²) >= 11 is 2.07. The summed E-state index contributed by atoms with van der Waals surface area (Å²) in [6.45, 7) is 0. The third kappa shape index (κ3) is 2.43. The van der Waals surface area contributed by atoms with Crippen molar-refractivity contribution in [2.24, 2.45) is 0 Å². The predicted molar refractivity (Wildman–Crippen MR) is 75.4 cm³/mol. The van der Waals surface area contributed by atoms with Crippen LogP contribution in [0.4, 0.5) is 0 Å². The van der Waals surface area contributed by atoms with Gasteiger partial charge in [0.25, 0.3) is 0 Å². The van der Waals surface area contributed by atoms with Gasteiger partial charge in [-0.2, -0.15) is 5.26 Å². The highest BCUT2D eigenvalue weighted by Gasteiger charge is 2.42. The lowest BCUT2D eigenvalue weighted by Crippen LogP contribution is -2.52. The fourth-order valence-electron chi connectivity index (χ4n) is 1.93. The largest absolute Gasteiger partial charge is 0.451 e. The Morgan fingerprint density at radius 2 is 2.33 bits per heavy atom. The van der Waals surface area contributed by atoms with Crippen molar-refractivity contribution in [3.8, 4) is 6.07 Å². The zero-order valence-electron chi connectivity index (χ0n) is 10.0. The summed E-state index contributed by atoms with van der Waals surface area (Å²) in [5.41, 5.74) is -0.598. The average Bonchev–Trinajstić information content (AvgIpc) is 2.71. The van der Waals surface area contributed by atoms with E-state index in [0.717, 1.165) is 23.0 Å². The first-order valence-electron chi connectivity index (χ1n) is 5.70. The van der Waals surface area contributed by atoms with E-state index in [2.05, 4.69) is 28.7 Å². The van der Waals surface area contributed by atoms with Gasteiger partial charge in [-0.15, -0.1) is 0 Å². The molecule has 0 radical (unpaired) electrons. The zero-order chi connectivity index (χ0) is 13.2. The molecule has 4 nitrogen and oxygen atoms in total. The summed E-state index contributed by atoms with van der Waals surface area (Å²) in [6.07, 6.45) is 5.61. The number of carbonyl (C=O) groups is 1. The van der Waals surface area contributed by atoms with Crippen molar-refractivity contribution >= 4 is 34.6 Å². The molecule has 1 aromatic heterocycles. The van der Waals surface area contributed by atoms with E-state index in [1.54, 1.807) is 19.2 Å². The lowest BCUT2D eigenvalue weighted by molar-refractivity contribution is -0.130. The molecule has 1 aliphatic carbocycles. The van der Waals surface area contributed by atoms with Crippen LogP contribution in [-0.2, 0) is 4.79 Å². The highest BCUT2D eigenvalue weighted by molar-refractivity contribution is 14.1. The maximum absolute atomic E-state index is 12.0. The Morgan fingerprint density at radius 3 is 2.78 bits per heavy atom. The number of amides is 1. The van der Waals surface area contributed by atoms with Crippen LogP contribution < -0.4 is 0 Å². The minimum atomic E-state index is -0.598. The second kappa shape index (κ2) is 5.14. The van der Waals surface area contributed by atoms with Crippen LogP contribution in [0.5, 0.6) is 0 Å². The molecule has 0 aromatic carbocycles. The monoisotopic (exact) mass is 356 g/mol. The fraction of sp³-hybridized carbons (Fsp3) is 0.385. The summed E-state index contributed by atoms with van der Waals surface area (Å²) < 4.78 is 6.11. The summed E-state index contributed by atoms with van der Waals surface area (Å²) in [7, 11) is 1.68. The molecule has 1 saturated carbocycles. The topological polar surface area (TPSA) is 57.2 Å². The quantitative estimate of drug-likeness (QED) is 0.618. The predicted octanol–water partition coefficient (Wildman–Crippen LogP) is 2.80. The summed E-state index contributed by atoms with van der Waals surface area (Å²) in [5, 5.41) is 9.16. The minimum absolute atomic E-state index is 0.164. The molecule has 5 heteroatoms. The van der Waals surface area contributed by atoms with E-state index in [-0.39, 0.29) is 5.91 Å². The van der Waals surface area contributed by atoms with Crippen LogP contribution in [0, 0.1) is 15.1 Å². The molecule has 0 aliphatic heterocycles. The molecule has 94 valence electrons. The molecule has 0 atom stereocenters. The van der Waals surface area contributed by atoms with E-state index in [1.165, 1.54) is 11.0 Å². The number of hydrogen-bond acceptors (Lipinski definition) is 3. The number of hydrogen-bond donors (Lipinski definition) is 0. The Bertz CT molecular complexity index is 523. The second-order valence-electron chi connectivity index (χ2n) is 4.37. The first kappa shape index (κ1) is 13.1. The van der Waals surface area contributed by atoms with E-state index in [1.807, 2.05) is 6.07 Å². The van der Waals surface area contributed by atoms with Gasteiger partial charge in [0.15, 0.2) is 3.77 Å². The van der Waals surface area contributed by atoms with Gasteiger partial charge in [0, 0.05) is 13.1 Å². The molecule has 2 rings (SSSR count). The molecule has 1 amide bonds. The molecular weight excluding hydrogens is 343 g/mol. The van der Waals surface area contributed by atoms with Crippen LogP contribution in [0.2, 0.25) is 0 Å². The van der Waals surface area contributed by atoms with Crippen molar-refractivity contribution < 1.29 is 9.21 Å². The Balaban J connectivity index is 2.04. The van der Waals surface area contributed by atoms with Crippen LogP contribution in [0.3, 0.4) is 0 Å². The van der Waals surface area contributed by atoms with Crippen molar-refractivity contribution in [3.05, 3.63) is 27.7 Å². The van der Waals surface area contributed by atoms with Crippen LogP contribution >= 0.6 is 22.6 Å². The molecule has 0 unspecified atom stereocenters. The number of nitrogens with zero attached hydrogens (tertiary/aromatic N) is 2. The van der Waals surface area contributed by atoms with Gasteiger partial charge >= 0.3 is 0 Å². The number of halogens is 1. The van der Waals surface area contributed by atoms with E-state index < -0.39 is 5.54 Å². The first-order valence-corrected chi connectivity index (χ1v) is 6.78. The summed E-state index contributed by atoms with van der Waals surface area (Å²) in [4.78, 5) is 13.5. The molecule has 1 heterocycles. The fourth-order valence-corrected chi connectivity index (χ4v) is 2.36. The Morgan fingerprint density at radius 1 is 1.61 bits per heavy atom. The van der Waals surface area contributed by atoms with Crippen LogP contribution in [-0.4, -0.2) is 23.4 Å². The Hall–Kier alpha value is -1.29. The van der Waals surface area contributed by atoms with Gasteiger partial charge in [0.05, 0.1) is 6.07 Å². The number of carbonyl (C=O) groups excluding carboxylic acids is 1. The molecule has 1 aliphatic rings. The van der Waals surface area contributed by atoms with Crippen molar-refractivity contribution in [1.82, 2.24) is 4.90 Å². The molecule has 1 aromatic rings. The third-order valence-corrected chi connectivity index (χ3v) is 3.93. The van der Waals surface area contributed by atoms with E-state index in [9.17, 15) is 4.79 Å². The average molecular weight is 356 g/mol. The van der Waals surface area contributed by atoms with Gasteiger partial charge in [0.2, 0.25) is 5.91 Å². The van der Waals surface area contributed by atoms with Crippen molar-refractivity contribution in [2.45, 2.75) is 24.8 Å². The van der Waals surface area contributed by atoms with Gasteiger partial charge < -0.3 is 9.32 Å². The maximum atomic E-state index is 12.0. The van der Waals surface area contributed by atoms with E-state index in [4.69, 9.17) is 9.68 Å². The molecule has 0 bridgehead atoms. The van der Waals surface area contributed by atoms with Crippen LogP contribution in [0.15, 0.2) is 22.6 Å². The maximum Gasteiger partial charge on any atom is 0.247 e. The van der Waals surface area contributed by atoms with Gasteiger partial charge in [-0.25, -0.2) is 0 Å². The Kier molecular flexibility index (Phi) is 3.76. The summed E-state index contributed by atoms with van der Waals surface area (Å²) in [6, 6.07) is 5.88. The van der Waals surface area contributed by atoms with Crippen LogP contribution in [0.25, 0.3) is 6.08 Å². The molecule has 18 heavy (non-hydrogen) atoms. The number of nitriles is 1. The Labute approximate surface area is 119 Å².